The summed E-state index contributed by atoms with van der Waals surface area (Å²) in [5.41, 5.74) is 6.57. The first-order chi connectivity index (χ1) is 5.89. The Balaban J connectivity index is 2.13. The van der Waals surface area contributed by atoms with Crippen LogP contribution >= 0.6 is 0 Å². The van der Waals surface area contributed by atoms with Gasteiger partial charge in [0.15, 0.2) is 0 Å². The normalized spacial score (nSPS) is 52.8. The summed E-state index contributed by atoms with van der Waals surface area (Å²) in [7, 11) is 0. The third kappa shape index (κ3) is 1.23. The first-order valence-electron chi connectivity index (χ1n) is 5.29. The van der Waals surface area contributed by atoms with Gasteiger partial charge in [0, 0.05) is 12.1 Å². The number of aliphatic hydroxyl groups is 1. The molecule has 2 nitrogen and oxygen atoms in total. The molecular formula is C11H21NO. The second-order valence-electron chi connectivity index (χ2n) is 5.86. The van der Waals surface area contributed by atoms with E-state index in [1.165, 1.54) is 0 Å². The minimum absolute atomic E-state index is 0.135. The largest absolute Gasteiger partial charge is 0.396 e. The molecule has 0 aromatic heterocycles. The first-order valence-corrected chi connectivity index (χ1v) is 5.29. The number of nitrogens with two attached hydrogens (primary N) is 1. The van der Waals surface area contributed by atoms with Crippen LogP contribution in [0.4, 0.5) is 0 Å². The minimum Gasteiger partial charge on any atom is -0.396 e. The maximum atomic E-state index is 9.25. The molecule has 2 aliphatic carbocycles. The van der Waals surface area contributed by atoms with Crippen LogP contribution in [0.5, 0.6) is 0 Å². The molecule has 4 atom stereocenters. The van der Waals surface area contributed by atoms with Crippen molar-refractivity contribution in [3.8, 4) is 0 Å². The topological polar surface area (TPSA) is 46.2 Å². The lowest BCUT2D eigenvalue weighted by molar-refractivity contribution is 0.115. The molecule has 3 N–H and O–H groups in total. The molecule has 0 radical (unpaired) electrons. The summed E-state index contributed by atoms with van der Waals surface area (Å²) < 4.78 is 0. The fourth-order valence-electron chi connectivity index (χ4n) is 3.23. The molecule has 2 rings (SSSR count). The summed E-state index contributed by atoms with van der Waals surface area (Å²) in [6, 6.07) is 0. The molecule has 0 amide bonds. The first kappa shape index (κ1) is 9.47. The molecule has 0 heterocycles. The van der Waals surface area contributed by atoms with Crippen LogP contribution in [0.1, 0.15) is 33.6 Å². The molecule has 0 aromatic rings. The van der Waals surface area contributed by atoms with Crippen LogP contribution in [0.2, 0.25) is 0 Å². The third-order valence-corrected chi connectivity index (χ3v) is 4.64. The zero-order chi connectivity index (χ0) is 9.85. The molecule has 2 heteroatoms. The zero-order valence-corrected chi connectivity index (χ0v) is 8.88. The van der Waals surface area contributed by atoms with Crippen molar-refractivity contribution in [1.82, 2.24) is 0 Å². The van der Waals surface area contributed by atoms with Crippen LogP contribution in [0, 0.1) is 23.2 Å². The Kier molecular flexibility index (Phi) is 1.81. The van der Waals surface area contributed by atoms with Crippen molar-refractivity contribution in [2.45, 2.75) is 39.2 Å². The van der Waals surface area contributed by atoms with Crippen molar-refractivity contribution in [3.63, 3.8) is 0 Å². The molecule has 2 aliphatic rings. The molecule has 0 saturated heterocycles. The molecule has 2 saturated carbocycles. The van der Waals surface area contributed by atoms with E-state index in [0.29, 0.717) is 11.3 Å². The summed E-state index contributed by atoms with van der Waals surface area (Å²) in [5, 5.41) is 9.25. The number of rotatable bonds is 1. The van der Waals surface area contributed by atoms with E-state index >= 15 is 0 Å². The van der Waals surface area contributed by atoms with Crippen LogP contribution in [0.15, 0.2) is 0 Å². The van der Waals surface area contributed by atoms with Gasteiger partial charge in [-0.05, 0) is 42.9 Å². The Morgan fingerprint density at radius 2 is 1.92 bits per heavy atom. The van der Waals surface area contributed by atoms with Crippen molar-refractivity contribution in [2.24, 2.45) is 28.9 Å². The Morgan fingerprint density at radius 1 is 1.31 bits per heavy atom. The van der Waals surface area contributed by atoms with Crippen LogP contribution < -0.4 is 5.73 Å². The van der Waals surface area contributed by atoms with Crippen molar-refractivity contribution in [2.75, 3.05) is 6.61 Å². The van der Waals surface area contributed by atoms with Crippen LogP contribution in [-0.4, -0.2) is 17.3 Å². The minimum atomic E-state index is -0.135. The molecular weight excluding hydrogens is 162 g/mol. The van der Waals surface area contributed by atoms with Gasteiger partial charge in [0.25, 0.3) is 0 Å². The summed E-state index contributed by atoms with van der Waals surface area (Å²) in [4.78, 5) is 0. The second-order valence-corrected chi connectivity index (χ2v) is 5.86. The molecule has 0 spiro atoms. The Bertz CT molecular complexity index is 222. The lowest BCUT2D eigenvalue weighted by Gasteiger charge is -2.36. The molecule has 0 bridgehead atoms. The fourth-order valence-corrected chi connectivity index (χ4v) is 3.23. The van der Waals surface area contributed by atoms with Gasteiger partial charge in [0.2, 0.25) is 0 Å². The number of aliphatic hydroxyl groups excluding tert-OH is 1. The van der Waals surface area contributed by atoms with Crippen molar-refractivity contribution < 1.29 is 5.11 Å². The summed E-state index contributed by atoms with van der Waals surface area (Å²) in [6.07, 6.45) is 2.22. The average molecular weight is 183 g/mol. The summed E-state index contributed by atoms with van der Waals surface area (Å²) in [6.45, 7) is 7.02. The molecule has 0 aliphatic heterocycles. The SMILES string of the molecule is CC1(C)C2C[C@H](CO)[C@](C)(N)CC21. The second kappa shape index (κ2) is 2.48. The van der Waals surface area contributed by atoms with E-state index in [1.807, 2.05) is 0 Å². The van der Waals surface area contributed by atoms with Crippen molar-refractivity contribution >= 4 is 0 Å². The Labute approximate surface area is 80.5 Å². The van der Waals surface area contributed by atoms with E-state index in [1.54, 1.807) is 0 Å². The third-order valence-electron chi connectivity index (χ3n) is 4.64. The van der Waals surface area contributed by atoms with Gasteiger partial charge in [-0.25, -0.2) is 0 Å². The Hall–Kier alpha value is -0.0800. The molecule has 76 valence electrons. The lowest BCUT2D eigenvalue weighted by atomic mass is 9.75. The van der Waals surface area contributed by atoms with E-state index in [2.05, 4.69) is 20.8 Å². The smallest absolute Gasteiger partial charge is 0.0476 e. The average Bonchev–Trinajstić information content (AvgIpc) is 2.50. The van der Waals surface area contributed by atoms with Gasteiger partial charge in [0.05, 0.1) is 0 Å². The fraction of sp³-hybridized carbons (Fsp3) is 1.00. The highest BCUT2D eigenvalue weighted by Gasteiger charge is 2.62. The maximum absolute atomic E-state index is 9.25. The lowest BCUT2D eigenvalue weighted by Crippen LogP contribution is -2.48. The van der Waals surface area contributed by atoms with Crippen molar-refractivity contribution in [1.29, 1.82) is 0 Å². The van der Waals surface area contributed by atoms with E-state index in [4.69, 9.17) is 5.73 Å². The zero-order valence-electron chi connectivity index (χ0n) is 8.88. The number of fused-ring (bicyclic) bond motifs is 1. The molecule has 2 unspecified atom stereocenters. The number of hydrogen-bond donors (Lipinski definition) is 2. The quantitative estimate of drug-likeness (QED) is 0.645. The maximum Gasteiger partial charge on any atom is 0.0476 e. The van der Waals surface area contributed by atoms with Crippen molar-refractivity contribution in [3.05, 3.63) is 0 Å². The van der Waals surface area contributed by atoms with Gasteiger partial charge in [0.1, 0.15) is 0 Å². The van der Waals surface area contributed by atoms with E-state index in [0.717, 1.165) is 24.7 Å². The van der Waals surface area contributed by atoms with Gasteiger partial charge < -0.3 is 10.8 Å². The monoisotopic (exact) mass is 183 g/mol. The van der Waals surface area contributed by atoms with Gasteiger partial charge in [-0.1, -0.05) is 13.8 Å². The summed E-state index contributed by atoms with van der Waals surface area (Å²) in [5.74, 6) is 1.95. The highest BCUT2D eigenvalue weighted by Crippen LogP contribution is 2.67. The van der Waals surface area contributed by atoms with Crippen LogP contribution in [-0.2, 0) is 0 Å². The van der Waals surface area contributed by atoms with Gasteiger partial charge in [-0.2, -0.15) is 0 Å². The van der Waals surface area contributed by atoms with E-state index < -0.39 is 0 Å². The summed E-state index contributed by atoms with van der Waals surface area (Å²) >= 11 is 0. The highest BCUT2D eigenvalue weighted by atomic mass is 16.3. The van der Waals surface area contributed by atoms with E-state index in [9.17, 15) is 5.11 Å². The van der Waals surface area contributed by atoms with Crippen LogP contribution in [0.25, 0.3) is 0 Å². The Morgan fingerprint density at radius 3 is 2.46 bits per heavy atom. The predicted molar refractivity (Wildman–Crippen MR) is 53.2 cm³/mol. The molecule has 2 fully saturated rings. The van der Waals surface area contributed by atoms with Crippen LogP contribution in [0.3, 0.4) is 0 Å². The van der Waals surface area contributed by atoms with E-state index in [-0.39, 0.29) is 12.1 Å². The van der Waals surface area contributed by atoms with Gasteiger partial charge in [-0.3, -0.25) is 0 Å². The van der Waals surface area contributed by atoms with Gasteiger partial charge >= 0.3 is 0 Å². The number of hydrogen-bond acceptors (Lipinski definition) is 2. The molecule has 0 aromatic carbocycles. The van der Waals surface area contributed by atoms with Gasteiger partial charge in [-0.15, -0.1) is 0 Å². The standard InChI is InChI=1S/C11H21NO/c1-10(2)8-4-7(6-13)11(3,12)5-9(8)10/h7-9,13H,4-6,12H2,1-3H3/t7-,8?,9?,11-/m1/s1. The molecule has 13 heavy (non-hydrogen) atoms. The highest BCUT2D eigenvalue weighted by molar-refractivity contribution is 5.13. The predicted octanol–water partition coefficient (Wildman–Crippen LogP) is 1.38.